The molecule has 0 aliphatic rings. The van der Waals surface area contributed by atoms with E-state index >= 15 is 0 Å². The van der Waals surface area contributed by atoms with Crippen LogP contribution in [0.2, 0.25) is 0 Å². The van der Waals surface area contributed by atoms with Crippen LogP contribution < -0.4 is 10.6 Å². The highest BCUT2D eigenvalue weighted by Crippen LogP contribution is 2.07. The fraction of sp³-hybridized carbons (Fsp3) is 0.333. The lowest BCUT2D eigenvalue weighted by Gasteiger charge is -2.13. The molecule has 0 bridgehead atoms. The van der Waals surface area contributed by atoms with Crippen LogP contribution in [0.5, 0.6) is 0 Å². The third kappa shape index (κ3) is 3.52. The van der Waals surface area contributed by atoms with E-state index in [2.05, 4.69) is 25.9 Å². The van der Waals surface area contributed by atoms with Gasteiger partial charge < -0.3 is 5.32 Å². The van der Waals surface area contributed by atoms with Gasteiger partial charge in [-0.15, -0.1) is 10.2 Å². The molecule has 0 aliphatic carbocycles. The molecule has 0 radical (unpaired) electrons. The minimum atomic E-state index is -0.290. The number of hydrogen-bond donors (Lipinski definition) is 2. The van der Waals surface area contributed by atoms with Crippen LogP contribution in [0.1, 0.15) is 6.92 Å². The number of carbonyl (C=O) groups excluding carboxylic acids is 1. The van der Waals surface area contributed by atoms with Crippen LogP contribution in [0.15, 0.2) is 24.0 Å². The first-order chi connectivity index (χ1) is 8.24. The van der Waals surface area contributed by atoms with Crippen molar-refractivity contribution in [2.24, 2.45) is 0 Å². The molecule has 2 N–H and O–H groups in total. The Hall–Kier alpha value is -1.96. The highest BCUT2D eigenvalue weighted by molar-refractivity contribution is 7.13. The summed E-state index contributed by atoms with van der Waals surface area (Å²) in [6.45, 7) is 2.53. The van der Waals surface area contributed by atoms with E-state index in [1.807, 2.05) is 19.2 Å². The Morgan fingerprint density at radius 1 is 1.65 bits per heavy atom. The first-order valence-electron chi connectivity index (χ1n) is 5.05. The quantitative estimate of drug-likeness (QED) is 0.848. The summed E-state index contributed by atoms with van der Waals surface area (Å²) in [5.41, 5.74) is 1.56. The average molecular weight is 252 g/mol. The molecular weight excluding hydrogens is 240 g/mol. The Labute approximate surface area is 102 Å². The number of nitrogens with one attached hydrogen (secondary N) is 2. The predicted molar refractivity (Wildman–Crippen MR) is 63.8 cm³/mol. The van der Waals surface area contributed by atoms with Gasteiger partial charge in [-0.1, -0.05) is 11.3 Å². The average Bonchev–Trinajstić information content (AvgIpc) is 2.90. The zero-order valence-corrected chi connectivity index (χ0v) is 10.0. The first-order valence-corrected chi connectivity index (χ1v) is 5.93. The molecule has 7 nitrogen and oxygen atoms in total. The number of amides is 2. The summed E-state index contributed by atoms with van der Waals surface area (Å²) < 4.78 is 1.76. The molecule has 0 aliphatic heterocycles. The molecule has 0 aromatic carbocycles. The zero-order valence-electron chi connectivity index (χ0n) is 9.20. The van der Waals surface area contributed by atoms with Gasteiger partial charge in [-0.3, -0.25) is 10.00 Å². The van der Waals surface area contributed by atoms with Crippen LogP contribution in [-0.4, -0.2) is 32.1 Å². The van der Waals surface area contributed by atoms with Crippen LogP contribution in [0.25, 0.3) is 0 Å². The van der Waals surface area contributed by atoms with E-state index in [4.69, 9.17) is 0 Å². The number of hydrogen-bond acceptors (Lipinski definition) is 5. The molecule has 2 aromatic heterocycles. The topological polar surface area (TPSA) is 84.7 Å². The van der Waals surface area contributed by atoms with Crippen LogP contribution in [0, 0.1) is 0 Å². The first kappa shape index (κ1) is 11.5. The maximum Gasteiger partial charge on any atom is 0.321 e. The molecule has 0 fully saturated rings. The summed E-state index contributed by atoms with van der Waals surface area (Å²) in [4.78, 5) is 11.5. The molecule has 90 valence electrons. The van der Waals surface area contributed by atoms with Gasteiger partial charge in [-0.25, -0.2) is 4.79 Å². The molecule has 2 heterocycles. The van der Waals surface area contributed by atoms with E-state index in [0.717, 1.165) is 0 Å². The molecule has 17 heavy (non-hydrogen) atoms. The molecule has 2 amide bonds. The minimum absolute atomic E-state index is 0.0252. The van der Waals surface area contributed by atoms with Gasteiger partial charge in [0.15, 0.2) is 0 Å². The standard InChI is InChI=1S/C9H12N6OS/c1-7(5-15-4-2-3-11-15)12-8(16)13-9-14-10-6-17-9/h2-4,6-7H,5H2,1H3,(H2,12,13,14,16)/t7-/m0/s1. The summed E-state index contributed by atoms with van der Waals surface area (Å²) in [6, 6.07) is 1.53. The molecular formula is C9H12N6OS. The van der Waals surface area contributed by atoms with Gasteiger partial charge in [-0.2, -0.15) is 5.10 Å². The third-order valence-electron chi connectivity index (χ3n) is 1.98. The summed E-state index contributed by atoms with van der Waals surface area (Å²) in [5.74, 6) is 0. The van der Waals surface area contributed by atoms with Crippen molar-refractivity contribution in [3.05, 3.63) is 24.0 Å². The van der Waals surface area contributed by atoms with Crippen LogP contribution >= 0.6 is 11.3 Å². The highest BCUT2D eigenvalue weighted by Gasteiger charge is 2.09. The van der Waals surface area contributed by atoms with E-state index < -0.39 is 0 Å². The van der Waals surface area contributed by atoms with Gasteiger partial charge in [0.2, 0.25) is 5.13 Å². The molecule has 2 rings (SSSR count). The number of anilines is 1. The van der Waals surface area contributed by atoms with Crippen molar-refractivity contribution in [2.75, 3.05) is 5.32 Å². The Morgan fingerprint density at radius 3 is 3.18 bits per heavy atom. The summed E-state index contributed by atoms with van der Waals surface area (Å²) in [7, 11) is 0. The number of carbonyl (C=O) groups is 1. The maximum absolute atomic E-state index is 11.5. The predicted octanol–water partition coefficient (Wildman–Crippen LogP) is 0.945. The van der Waals surface area contributed by atoms with Gasteiger partial charge >= 0.3 is 6.03 Å². The molecule has 8 heteroatoms. The lowest BCUT2D eigenvalue weighted by molar-refractivity contribution is 0.247. The second-order valence-electron chi connectivity index (χ2n) is 3.47. The van der Waals surface area contributed by atoms with Gasteiger partial charge in [0.05, 0.1) is 6.54 Å². The van der Waals surface area contributed by atoms with Crippen molar-refractivity contribution in [1.29, 1.82) is 0 Å². The van der Waals surface area contributed by atoms with E-state index in [9.17, 15) is 4.79 Å². The van der Waals surface area contributed by atoms with Gasteiger partial charge in [0.25, 0.3) is 0 Å². The van der Waals surface area contributed by atoms with Crippen molar-refractivity contribution in [3.8, 4) is 0 Å². The molecule has 0 saturated heterocycles. The monoisotopic (exact) mass is 252 g/mol. The van der Waals surface area contributed by atoms with Crippen molar-refractivity contribution >= 4 is 22.5 Å². The van der Waals surface area contributed by atoms with Crippen LogP contribution in [0.3, 0.4) is 0 Å². The van der Waals surface area contributed by atoms with Crippen LogP contribution in [0.4, 0.5) is 9.93 Å². The second-order valence-corrected chi connectivity index (χ2v) is 4.30. The van der Waals surface area contributed by atoms with E-state index in [1.54, 1.807) is 16.4 Å². The molecule has 1 atom stereocenters. The van der Waals surface area contributed by atoms with E-state index in [0.29, 0.717) is 11.7 Å². The number of rotatable bonds is 4. The summed E-state index contributed by atoms with van der Waals surface area (Å²) in [6.07, 6.45) is 3.55. The van der Waals surface area contributed by atoms with Gasteiger partial charge in [-0.05, 0) is 13.0 Å². The summed E-state index contributed by atoms with van der Waals surface area (Å²) in [5, 5.41) is 17.3. The number of urea groups is 1. The fourth-order valence-electron chi connectivity index (χ4n) is 1.32. The fourth-order valence-corrected chi connectivity index (χ4v) is 1.76. The lowest BCUT2D eigenvalue weighted by atomic mass is 10.3. The smallest absolute Gasteiger partial charge is 0.321 e. The SMILES string of the molecule is C[C@@H](Cn1cccn1)NC(=O)Nc1nncs1. The largest absolute Gasteiger partial charge is 0.333 e. The zero-order chi connectivity index (χ0) is 12.1. The lowest BCUT2D eigenvalue weighted by Crippen LogP contribution is -2.38. The molecule has 0 unspecified atom stereocenters. The van der Waals surface area contributed by atoms with Crippen molar-refractivity contribution < 1.29 is 4.79 Å². The molecule has 0 spiro atoms. The molecule has 2 aromatic rings. The minimum Gasteiger partial charge on any atom is -0.333 e. The van der Waals surface area contributed by atoms with Crippen molar-refractivity contribution in [2.45, 2.75) is 19.5 Å². The maximum atomic E-state index is 11.5. The molecule has 0 saturated carbocycles. The Kier molecular flexibility index (Phi) is 3.66. The van der Waals surface area contributed by atoms with Crippen molar-refractivity contribution in [3.63, 3.8) is 0 Å². The second kappa shape index (κ2) is 5.39. The third-order valence-corrected chi connectivity index (χ3v) is 2.58. The number of aromatic nitrogens is 4. The van der Waals surface area contributed by atoms with Crippen molar-refractivity contribution in [1.82, 2.24) is 25.3 Å². The Bertz CT molecular complexity index is 454. The van der Waals surface area contributed by atoms with E-state index in [-0.39, 0.29) is 12.1 Å². The van der Waals surface area contributed by atoms with Gasteiger partial charge in [0, 0.05) is 18.4 Å². The van der Waals surface area contributed by atoms with Crippen LogP contribution in [-0.2, 0) is 6.54 Å². The van der Waals surface area contributed by atoms with E-state index in [1.165, 1.54) is 11.3 Å². The normalized spacial score (nSPS) is 12.1. The Morgan fingerprint density at radius 2 is 2.53 bits per heavy atom. The Balaban J connectivity index is 1.78. The van der Waals surface area contributed by atoms with Gasteiger partial charge in [0.1, 0.15) is 5.51 Å². The number of nitrogens with zero attached hydrogens (tertiary/aromatic N) is 4. The summed E-state index contributed by atoms with van der Waals surface area (Å²) >= 11 is 1.27. The highest BCUT2D eigenvalue weighted by atomic mass is 32.1.